The molecule has 1 rings (SSSR count). The molecule has 0 aromatic heterocycles. The first-order valence-corrected chi connectivity index (χ1v) is 5.40. The average molecular weight is 241 g/mol. The summed E-state index contributed by atoms with van der Waals surface area (Å²) in [5.74, 6) is -0.00680. The number of benzene rings is 1. The van der Waals surface area contributed by atoms with Crippen molar-refractivity contribution in [3.8, 4) is 5.75 Å². The van der Waals surface area contributed by atoms with Crippen LogP contribution < -0.4 is 10.1 Å². The van der Waals surface area contributed by atoms with Crippen LogP contribution in [0.2, 0.25) is 0 Å². The summed E-state index contributed by atoms with van der Waals surface area (Å²) < 4.78 is 18.2. The van der Waals surface area contributed by atoms with E-state index in [2.05, 4.69) is 5.32 Å². The molecule has 1 aromatic carbocycles. The van der Waals surface area contributed by atoms with E-state index < -0.39 is 5.82 Å². The van der Waals surface area contributed by atoms with Gasteiger partial charge >= 0.3 is 0 Å². The highest BCUT2D eigenvalue weighted by Gasteiger charge is 2.05. The Morgan fingerprint density at radius 2 is 2.29 bits per heavy atom. The molecule has 5 heteroatoms. The van der Waals surface area contributed by atoms with Crippen molar-refractivity contribution >= 4 is 5.91 Å². The average Bonchev–Trinajstić information content (AvgIpc) is 2.35. The third-order valence-corrected chi connectivity index (χ3v) is 2.28. The fourth-order valence-corrected chi connectivity index (χ4v) is 1.35. The molecular weight excluding hydrogens is 225 g/mol. The smallest absolute Gasteiger partial charge is 0.219 e. The van der Waals surface area contributed by atoms with Gasteiger partial charge in [-0.2, -0.15) is 0 Å². The summed E-state index contributed by atoms with van der Waals surface area (Å²) >= 11 is 0. The van der Waals surface area contributed by atoms with E-state index in [-0.39, 0.29) is 12.5 Å². The fraction of sp³-hybridized carbons (Fsp3) is 0.417. The summed E-state index contributed by atoms with van der Waals surface area (Å²) in [7, 11) is 1.58. The van der Waals surface area contributed by atoms with Gasteiger partial charge in [-0.05, 0) is 24.6 Å². The molecule has 0 radical (unpaired) electrons. The first-order valence-electron chi connectivity index (χ1n) is 5.40. The van der Waals surface area contributed by atoms with Crippen molar-refractivity contribution in [3.05, 3.63) is 29.6 Å². The van der Waals surface area contributed by atoms with Crippen LogP contribution in [0, 0.1) is 5.82 Å². The van der Waals surface area contributed by atoms with Crippen LogP contribution in [0.15, 0.2) is 18.2 Å². The van der Waals surface area contributed by atoms with Crippen LogP contribution in [-0.4, -0.2) is 24.7 Å². The van der Waals surface area contributed by atoms with Crippen molar-refractivity contribution in [1.82, 2.24) is 5.32 Å². The number of aliphatic hydroxyl groups excluding tert-OH is 1. The SMILES string of the molecule is CNC(=O)CCCOc1ccc(F)cc1CO. The number of carbonyl (C=O) groups is 1. The van der Waals surface area contributed by atoms with Crippen LogP contribution in [0.5, 0.6) is 5.75 Å². The van der Waals surface area contributed by atoms with E-state index >= 15 is 0 Å². The predicted octanol–water partition coefficient (Wildman–Crippen LogP) is 1.22. The maximum Gasteiger partial charge on any atom is 0.219 e. The minimum atomic E-state index is -0.410. The van der Waals surface area contributed by atoms with Gasteiger partial charge in [-0.15, -0.1) is 0 Å². The molecule has 0 aliphatic heterocycles. The van der Waals surface area contributed by atoms with Gasteiger partial charge in [0.25, 0.3) is 0 Å². The summed E-state index contributed by atoms with van der Waals surface area (Å²) in [5.41, 5.74) is 0.407. The molecule has 2 N–H and O–H groups in total. The van der Waals surface area contributed by atoms with E-state index in [1.54, 1.807) is 7.05 Å². The molecule has 94 valence electrons. The Balaban J connectivity index is 2.43. The lowest BCUT2D eigenvalue weighted by Crippen LogP contribution is -2.18. The number of aliphatic hydroxyl groups is 1. The topological polar surface area (TPSA) is 58.6 Å². The fourth-order valence-electron chi connectivity index (χ4n) is 1.35. The minimum absolute atomic E-state index is 0.0462. The molecule has 0 heterocycles. The number of halogens is 1. The third-order valence-electron chi connectivity index (χ3n) is 2.28. The van der Waals surface area contributed by atoms with Gasteiger partial charge in [-0.25, -0.2) is 4.39 Å². The second kappa shape index (κ2) is 6.85. The number of hydrogen-bond acceptors (Lipinski definition) is 3. The van der Waals surface area contributed by atoms with Crippen molar-refractivity contribution < 1.29 is 19.0 Å². The normalized spacial score (nSPS) is 10.1. The molecule has 0 aliphatic rings. The zero-order valence-corrected chi connectivity index (χ0v) is 9.70. The zero-order chi connectivity index (χ0) is 12.7. The van der Waals surface area contributed by atoms with E-state index in [9.17, 15) is 9.18 Å². The summed E-state index contributed by atoms with van der Waals surface area (Å²) in [6.07, 6.45) is 0.952. The molecule has 0 atom stereocenters. The van der Waals surface area contributed by atoms with E-state index in [0.717, 1.165) is 0 Å². The van der Waals surface area contributed by atoms with Gasteiger partial charge < -0.3 is 15.2 Å². The van der Waals surface area contributed by atoms with Gasteiger partial charge in [0.1, 0.15) is 11.6 Å². The Morgan fingerprint density at radius 1 is 1.53 bits per heavy atom. The first-order chi connectivity index (χ1) is 8.17. The lowest BCUT2D eigenvalue weighted by molar-refractivity contribution is -0.120. The Labute approximate surface area is 99.4 Å². The molecule has 0 spiro atoms. The standard InChI is InChI=1S/C12H16FNO3/c1-14-12(16)3-2-6-17-11-5-4-10(13)7-9(11)8-15/h4-5,7,15H,2-3,6,8H2,1H3,(H,14,16). The van der Waals surface area contributed by atoms with Gasteiger partial charge in [0.2, 0.25) is 5.91 Å². The predicted molar refractivity (Wildman–Crippen MR) is 61.1 cm³/mol. The molecule has 0 saturated heterocycles. The van der Waals surface area contributed by atoms with Crippen molar-refractivity contribution in [2.24, 2.45) is 0 Å². The number of carbonyl (C=O) groups excluding carboxylic acids is 1. The second-order valence-corrected chi connectivity index (χ2v) is 3.54. The molecule has 0 saturated carbocycles. The van der Waals surface area contributed by atoms with E-state index in [1.165, 1.54) is 18.2 Å². The molecule has 4 nitrogen and oxygen atoms in total. The van der Waals surface area contributed by atoms with Gasteiger partial charge in [0.15, 0.2) is 0 Å². The lowest BCUT2D eigenvalue weighted by Gasteiger charge is -2.09. The van der Waals surface area contributed by atoms with Crippen LogP contribution in [-0.2, 0) is 11.4 Å². The molecule has 0 unspecified atom stereocenters. The number of ether oxygens (including phenoxy) is 1. The number of amides is 1. The summed E-state index contributed by atoms with van der Waals surface area (Å²) in [6.45, 7) is 0.0780. The molecule has 1 amide bonds. The number of nitrogens with one attached hydrogen (secondary N) is 1. The van der Waals surface area contributed by atoms with Crippen molar-refractivity contribution in [3.63, 3.8) is 0 Å². The lowest BCUT2D eigenvalue weighted by atomic mass is 10.2. The zero-order valence-electron chi connectivity index (χ0n) is 9.70. The third kappa shape index (κ3) is 4.40. The highest BCUT2D eigenvalue weighted by Crippen LogP contribution is 2.19. The molecule has 1 aromatic rings. The van der Waals surface area contributed by atoms with E-state index in [4.69, 9.17) is 9.84 Å². The Hall–Kier alpha value is -1.62. The van der Waals surface area contributed by atoms with Crippen LogP contribution in [0.3, 0.4) is 0 Å². The molecule has 0 aliphatic carbocycles. The summed E-state index contributed by atoms with van der Waals surface area (Å²) in [6, 6.07) is 3.97. The maximum atomic E-state index is 12.9. The summed E-state index contributed by atoms with van der Waals surface area (Å²) in [4.78, 5) is 10.9. The monoisotopic (exact) mass is 241 g/mol. The largest absolute Gasteiger partial charge is 0.493 e. The van der Waals surface area contributed by atoms with Crippen LogP contribution in [0.25, 0.3) is 0 Å². The Kier molecular flexibility index (Phi) is 5.42. The van der Waals surface area contributed by atoms with Gasteiger partial charge in [0, 0.05) is 19.0 Å². The maximum absolute atomic E-state index is 12.9. The number of rotatable bonds is 6. The second-order valence-electron chi connectivity index (χ2n) is 3.54. The van der Waals surface area contributed by atoms with E-state index in [1.807, 2.05) is 0 Å². The van der Waals surface area contributed by atoms with Crippen LogP contribution >= 0.6 is 0 Å². The Morgan fingerprint density at radius 3 is 2.94 bits per heavy atom. The highest BCUT2D eigenvalue weighted by molar-refractivity contribution is 5.75. The minimum Gasteiger partial charge on any atom is -0.493 e. The van der Waals surface area contributed by atoms with Crippen LogP contribution in [0.1, 0.15) is 18.4 Å². The van der Waals surface area contributed by atoms with E-state index in [0.29, 0.717) is 30.8 Å². The van der Waals surface area contributed by atoms with Crippen molar-refractivity contribution in [1.29, 1.82) is 0 Å². The molecule has 0 fully saturated rings. The van der Waals surface area contributed by atoms with Crippen molar-refractivity contribution in [2.75, 3.05) is 13.7 Å². The molecule has 0 bridgehead atoms. The quantitative estimate of drug-likeness (QED) is 0.736. The molecular formula is C12H16FNO3. The van der Waals surface area contributed by atoms with Gasteiger partial charge in [-0.1, -0.05) is 0 Å². The van der Waals surface area contributed by atoms with Crippen LogP contribution in [0.4, 0.5) is 4.39 Å². The van der Waals surface area contributed by atoms with Gasteiger partial charge in [-0.3, -0.25) is 4.79 Å². The Bertz CT molecular complexity index is 382. The highest BCUT2D eigenvalue weighted by atomic mass is 19.1. The number of hydrogen-bond donors (Lipinski definition) is 2. The molecule has 17 heavy (non-hydrogen) atoms. The van der Waals surface area contributed by atoms with Crippen molar-refractivity contribution in [2.45, 2.75) is 19.4 Å². The van der Waals surface area contributed by atoms with Gasteiger partial charge in [0.05, 0.1) is 13.2 Å². The summed E-state index contributed by atoms with van der Waals surface area (Å²) in [5, 5.41) is 11.5. The first kappa shape index (κ1) is 13.4.